The van der Waals surface area contributed by atoms with Gasteiger partial charge in [-0.1, -0.05) is 0 Å². The monoisotopic (exact) mass is 222 g/mol. The lowest BCUT2D eigenvalue weighted by Crippen LogP contribution is -2.28. The number of nitrogens with zero attached hydrogens (tertiary/aromatic N) is 1. The van der Waals surface area contributed by atoms with Gasteiger partial charge in [-0.25, -0.2) is 0 Å². The molecule has 0 radical (unpaired) electrons. The number of hydrogen-bond donors (Lipinski definition) is 1. The molecule has 1 aromatic rings. The molecule has 3 nitrogen and oxygen atoms in total. The van der Waals surface area contributed by atoms with Crippen LogP contribution in [0.3, 0.4) is 0 Å². The summed E-state index contributed by atoms with van der Waals surface area (Å²) in [7, 11) is 2.16. The Morgan fingerprint density at radius 2 is 2.38 bits per heavy atom. The Balaban J connectivity index is 1.69. The van der Waals surface area contributed by atoms with Crippen molar-refractivity contribution in [3.63, 3.8) is 0 Å². The van der Waals surface area contributed by atoms with Gasteiger partial charge in [-0.3, -0.25) is 4.90 Å². The number of rotatable bonds is 5. The van der Waals surface area contributed by atoms with Crippen LogP contribution in [0.4, 0.5) is 0 Å². The molecule has 1 N–H and O–H groups in total. The van der Waals surface area contributed by atoms with Crippen molar-refractivity contribution in [1.82, 2.24) is 10.2 Å². The minimum Gasteiger partial charge on any atom is -0.465 e. The molecule has 1 saturated heterocycles. The summed E-state index contributed by atoms with van der Waals surface area (Å²) in [6, 6.07) is 4.84. The predicted molar refractivity (Wildman–Crippen MR) is 65.4 cm³/mol. The van der Waals surface area contributed by atoms with E-state index < -0.39 is 0 Å². The standard InChI is InChI=1S/C13H22N2O/c1-11-5-6-13(16-11)10-15(2)9-7-12-4-3-8-14-12/h5-6,12,14H,3-4,7-10H2,1-2H3. The maximum absolute atomic E-state index is 5.57. The van der Waals surface area contributed by atoms with Gasteiger partial charge < -0.3 is 9.73 Å². The molecule has 1 atom stereocenters. The van der Waals surface area contributed by atoms with Crippen molar-refractivity contribution in [2.45, 2.75) is 38.8 Å². The van der Waals surface area contributed by atoms with E-state index in [2.05, 4.69) is 23.3 Å². The van der Waals surface area contributed by atoms with E-state index >= 15 is 0 Å². The second-order valence-corrected chi connectivity index (χ2v) is 4.83. The molecule has 0 bridgehead atoms. The van der Waals surface area contributed by atoms with E-state index in [-0.39, 0.29) is 0 Å². The molecular weight excluding hydrogens is 200 g/mol. The third kappa shape index (κ3) is 3.35. The van der Waals surface area contributed by atoms with E-state index in [0.717, 1.165) is 30.7 Å². The molecule has 1 aliphatic rings. The van der Waals surface area contributed by atoms with Crippen molar-refractivity contribution in [2.24, 2.45) is 0 Å². The van der Waals surface area contributed by atoms with Crippen LogP contribution in [0.25, 0.3) is 0 Å². The highest BCUT2D eigenvalue weighted by molar-refractivity contribution is 5.05. The minimum atomic E-state index is 0.737. The van der Waals surface area contributed by atoms with Gasteiger partial charge in [0.1, 0.15) is 11.5 Å². The summed E-state index contributed by atoms with van der Waals surface area (Å²) in [6.45, 7) is 5.25. The van der Waals surface area contributed by atoms with Gasteiger partial charge in [-0.05, 0) is 58.5 Å². The third-order valence-electron chi connectivity index (χ3n) is 3.24. The highest BCUT2D eigenvalue weighted by atomic mass is 16.3. The van der Waals surface area contributed by atoms with Crippen LogP contribution in [0.1, 0.15) is 30.8 Å². The molecule has 0 spiro atoms. The van der Waals surface area contributed by atoms with Crippen molar-refractivity contribution in [3.8, 4) is 0 Å². The van der Waals surface area contributed by atoms with E-state index in [1.807, 2.05) is 13.0 Å². The molecule has 0 amide bonds. The molecule has 1 unspecified atom stereocenters. The van der Waals surface area contributed by atoms with E-state index in [4.69, 9.17) is 4.42 Å². The number of hydrogen-bond acceptors (Lipinski definition) is 3. The number of nitrogens with one attached hydrogen (secondary N) is 1. The highest BCUT2D eigenvalue weighted by Crippen LogP contribution is 2.11. The zero-order chi connectivity index (χ0) is 11.4. The average molecular weight is 222 g/mol. The van der Waals surface area contributed by atoms with Crippen molar-refractivity contribution in [3.05, 3.63) is 23.7 Å². The largest absolute Gasteiger partial charge is 0.465 e. The van der Waals surface area contributed by atoms with Crippen molar-refractivity contribution in [2.75, 3.05) is 20.1 Å². The smallest absolute Gasteiger partial charge is 0.118 e. The summed E-state index contributed by atoms with van der Waals surface area (Å²) in [5, 5.41) is 3.53. The van der Waals surface area contributed by atoms with Gasteiger partial charge in [0, 0.05) is 6.04 Å². The van der Waals surface area contributed by atoms with E-state index in [9.17, 15) is 0 Å². The fourth-order valence-corrected chi connectivity index (χ4v) is 2.29. The first-order valence-electron chi connectivity index (χ1n) is 6.21. The fourth-order valence-electron chi connectivity index (χ4n) is 2.29. The summed E-state index contributed by atoms with van der Waals surface area (Å²) < 4.78 is 5.57. The lowest BCUT2D eigenvalue weighted by Gasteiger charge is -2.17. The molecule has 1 aromatic heterocycles. The average Bonchev–Trinajstić information content (AvgIpc) is 2.87. The maximum atomic E-state index is 5.57. The van der Waals surface area contributed by atoms with Crippen molar-refractivity contribution in [1.29, 1.82) is 0 Å². The van der Waals surface area contributed by atoms with Crippen LogP contribution in [-0.4, -0.2) is 31.1 Å². The molecule has 0 aromatic carbocycles. The molecule has 90 valence electrons. The Hall–Kier alpha value is -0.800. The molecule has 16 heavy (non-hydrogen) atoms. The first-order chi connectivity index (χ1) is 7.74. The van der Waals surface area contributed by atoms with Gasteiger partial charge in [0.25, 0.3) is 0 Å². The van der Waals surface area contributed by atoms with Gasteiger partial charge in [0.2, 0.25) is 0 Å². The number of aryl methyl sites for hydroxylation is 1. The van der Waals surface area contributed by atoms with Crippen LogP contribution < -0.4 is 5.32 Å². The number of furan rings is 1. The summed E-state index contributed by atoms with van der Waals surface area (Å²) in [5.74, 6) is 2.07. The van der Waals surface area contributed by atoms with Crippen molar-refractivity contribution >= 4 is 0 Å². The Bertz CT molecular complexity index is 315. The normalized spacial score (nSPS) is 20.8. The van der Waals surface area contributed by atoms with Gasteiger partial charge >= 0.3 is 0 Å². The fraction of sp³-hybridized carbons (Fsp3) is 0.692. The maximum Gasteiger partial charge on any atom is 0.118 e. The van der Waals surface area contributed by atoms with Crippen LogP contribution in [0, 0.1) is 6.92 Å². The topological polar surface area (TPSA) is 28.4 Å². The Labute approximate surface area is 97.8 Å². The summed E-state index contributed by atoms with van der Waals surface area (Å²) in [4.78, 5) is 2.33. The molecule has 0 saturated carbocycles. The molecular formula is C13H22N2O. The van der Waals surface area contributed by atoms with Gasteiger partial charge in [0.15, 0.2) is 0 Å². The van der Waals surface area contributed by atoms with Crippen LogP contribution in [0.2, 0.25) is 0 Å². The van der Waals surface area contributed by atoms with E-state index in [1.54, 1.807) is 0 Å². The van der Waals surface area contributed by atoms with Crippen LogP contribution in [0.15, 0.2) is 16.5 Å². The summed E-state index contributed by atoms with van der Waals surface area (Å²) >= 11 is 0. The Morgan fingerprint density at radius 3 is 3.00 bits per heavy atom. The van der Waals surface area contributed by atoms with Crippen LogP contribution in [0.5, 0.6) is 0 Å². The SMILES string of the molecule is Cc1ccc(CN(C)CCC2CCCN2)o1. The Kier molecular flexibility index (Phi) is 4.02. The Morgan fingerprint density at radius 1 is 1.50 bits per heavy atom. The highest BCUT2D eigenvalue weighted by Gasteiger charge is 2.14. The van der Waals surface area contributed by atoms with Gasteiger partial charge in [-0.15, -0.1) is 0 Å². The van der Waals surface area contributed by atoms with Crippen LogP contribution >= 0.6 is 0 Å². The quantitative estimate of drug-likeness (QED) is 0.827. The lowest BCUT2D eigenvalue weighted by molar-refractivity contribution is 0.278. The van der Waals surface area contributed by atoms with Gasteiger partial charge in [0.05, 0.1) is 6.54 Å². The zero-order valence-corrected chi connectivity index (χ0v) is 10.3. The second-order valence-electron chi connectivity index (χ2n) is 4.83. The molecule has 2 heterocycles. The summed E-state index contributed by atoms with van der Waals surface area (Å²) in [5.41, 5.74) is 0. The molecule has 1 fully saturated rings. The van der Waals surface area contributed by atoms with E-state index in [0.29, 0.717) is 0 Å². The predicted octanol–water partition coefficient (Wildman–Crippen LogP) is 2.16. The van der Waals surface area contributed by atoms with Crippen molar-refractivity contribution < 1.29 is 4.42 Å². The lowest BCUT2D eigenvalue weighted by atomic mass is 10.1. The van der Waals surface area contributed by atoms with Crippen LogP contribution in [-0.2, 0) is 6.54 Å². The molecule has 0 aliphatic carbocycles. The first kappa shape index (κ1) is 11.7. The minimum absolute atomic E-state index is 0.737. The zero-order valence-electron chi connectivity index (χ0n) is 10.3. The molecule has 2 rings (SSSR count). The first-order valence-corrected chi connectivity index (χ1v) is 6.21. The molecule has 3 heteroatoms. The van der Waals surface area contributed by atoms with E-state index in [1.165, 1.54) is 25.8 Å². The van der Waals surface area contributed by atoms with Gasteiger partial charge in [-0.2, -0.15) is 0 Å². The second kappa shape index (κ2) is 5.51. The molecule has 1 aliphatic heterocycles. The summed E-state index contributed by atoms with van der Waals surface area (Å²) in [6.07, 6.45) is 3.93. The third-order valence-corrected chi connectivity index (χ3v) is 3.24.